The van der Waals surface area contributed by atoms with Crippen LogP contribution in [0, 0.1) is 0 Å². The van der Waals surface area contributed by atoms with E-state index in [-0.39, 0.29) is 11.1 Å². The number of rotatable bonds is 34. The maximum Gasteiger partial charge on any atom is 0.403 e. The van der Waals surface area contributed by atoms with E-state index >= 15 is 0 Å². The summed E-state index contributed by atoms with van der Waals surface area (Å²) in [5, 5.41) is 0. The molecule has 10 heteroatoms. The zero-order valence-electron chi connectivity index (χ0n) is 34.5. The van der Waals surface area contributed by atoms with Crippen molar-refractivity contribution >= 4 is 27.1 Å². The third-order valence-corrected chi connectivity index (χ3v) is 12.1. The molecule has 0 saturated heterocycles. The molecule has 2 atom stereocenters. The van der Waals surface area contributed by atoms with Crippen LogP contribution in [-0.4, -0.2) is 21.7 Å². The van der Waals surface area contributed by atoms with Crippen LogP contribution in [0.4, 0.5) is 0 Å². The average molecular weight is 795 g/mol. The van der Waals surface area contributed by atoms with Crippen molar-refractivity contribution in [2.24, 2.45) is 0 Å². The Balaban J connectivity index is 3.07. The molecule has 1 rings (SSSR count). The summed E-state index contributed by atoms with van der Waals surface area (Å²) in [4.78, 5) is 48.4. The van der Waals surface area contributed by atoms with Crippen LogP contribution in [0.15, 0.2) is 47.0 Å². The second-order valence-electron chi connectivity index (χ2n) is 15.1. The molecular weight excluding hydrogens is 718 g/mol. The van der Waals surface area contributed by atoms with Gasteiger partial charge in [0.1, 0.15) is 0 Å². The van der Waals surface area contributed by atoms with E-state index in [1.54, 1.807) is 0 Å². The SMILES string of the molecule is CCCCCCCCC(=CP(=O)(O)OC(=O)c1ccccc1C(=O)OP(=O)(O)C=C(CCCCCCCC)CCCCCCCC)CCCCCCCC. The summed E-state index contributed by atoms with van der Waals surface area (Å²) in [5.74, 6) is 0.0916. The fourth-order valence-corrected chi connectivity index (χ4v) is 8.94. The topological polar surface area (TPSA) is 127 Å². The van der Waals surface area contributed by atoms with Crippen LogP contribution in [0.3, 0.4) is 0 Å². The van der Waals surface area contributed by atoms with Crippen LogP contribution < -0.4 is 0 Å². The molecule has 0 spiro atoms. The Hall–Kier alpha value is -1.98. The highest BCUT2D eigenvalue weighted by molar-refractivity contribution is 7.57. The van der Waals surface area contributed by atoms with Gasteiger partial charge in [-0.25, -0.2) is 18.7 Å². The van der Waals surface area contributed by atoms with Crippen LogP contribution in [0.25, 0.3) is 0 Å². The largest absolute Gasteiger partial charge is 0.403 e. The van der Waals surface area contributed by atoms with E-state index in [0.29, 0.717) is 25.7 Å². The lowest BCUT2D eigenvalue weighted by atomic mass is 10.0. The first-order valence-electron chi connectivity index (χ1n) is 21.6. The average Bonchev–Trinajstić information content (AvgIpc) is 3.13. The van der Waals surface area contributed by atoms with Crippen molar-refractivity contribution in [2.75, 3.05) is 0 Å². The predicted molar refractivity (Wildman–Crippen MR) is 225 cm³/mol. The van der Waals surface area contributed by atoms with Crippen LogP contribution in [0.5, 0.6) is 0 Å². The number of benzene rings is 1. The second kappa shape index (κ2) is 31.1. The molecule has 0 aliphatic carbocycles. The first-order valence-corrected chi connectivity index (χ1v) is 24.9. The van der Waals surface area contributed by atoms with Crippen LogP contribution in [0.1, 0.15) is 228 Å². The number of allylic oxidation sites excluding steroid dienone is 2. The van der Waals surface area contributed by atoms with Crippen molar-refractivity contribution in [3.8, 4) is 0 Å². The zero-order valence-corrected chi connectivity index (χ0v) is 36.3. The van der Waals surface area contributed by atoms with Crippen LogP contribution in [-0.2, 0) is 18.2 Å². The van der Waals surface area contributed by atoms with Gasteiger partial charge in [-0.3, -0.25) is 0 Å². The summed E-state index contributed by atoms with van der Waals surface area (Å²) in [6.45, 7) is 8.71. The third-order valence-electron chi connectivity index (χ3n) is 9.89. The molecular formula is C44H76O8P2. The second-order valence-corrected chi connectivity index (χ2v) is 18.2. The monoisotopic (exact) mass is 795 g/mol. The number of hydrogen-bond donors (Lipinski definition) is 2. The number of carbonyl (C=O) groups is 2. The van der Waals surface area contributed by atoms with Gasteiger partial charge < -0.3 is 18.8 Å². The lowest BCUT2D eigenvalue weighted by molar-refractivity contribution is 0.0676. The lowest BCUT2D eigenvalue weighted by Gasteiger charge is -2.15. The Kier molecular flexibility index (Phi) is 28.9. The van der Waals surface area contributed by atoms with E-state index in [1.807, 2.05) is 0 Å². The molecule has 0 heterocycles. The molecule has 2 N–H and O–H groups in total. The molecule has 54 heavy (non-hydrogen) atoms. The molecule has 0 radical (unpaired) electrons. The van der Waals surface area contributed by atoms with Crippen molar-refractivity contribution < 1.29 is 37.6 Å². The summed E-state index contributed by atoms with van der Waals surface area (Å²) >= 11 is 0. The normalized spacial score (nSPS) is 13.4. The van der Waals surface area contributed by atoms with E-state index in [9.17, 15) is 28.5 Å². The Morgan fingerprint density at radius 2 is 0.704 bits per heavy atom. The fraction of sp³-hybridized carbons (Fsp3) is 0.727. The van der Waals surface area contributed by atoms with Gasteiger partial charge in [0.15, 0.2) is 0 Å². The van der Waals surface area contributed by atoms with Crippen molar-refractivity contribution in [1.82, 2.24) is 0 Å². The Morgan fingerprint density at radius 3 is 0.963 bits per heavy atom. The van der Waals surface area contributed by atoms with Gasteiger partial charge in [0.2, 0.25) is 0 Å². The zero-order chi connectivity index (χ0) is 39.9. The van der Waals surface area contributed by atoms with E-state index in [0.717, 1.165) is 88.2 Å². The maximum absolute atomic E-state index is 13.3. The molecule has 2 unspecified atom stereocenters. The molecule has 8 nitrogen and oxygen atoms in total. The minimum absolute atomic E-state index is 0.304. The fourth-order valence-electron chi connectivity index (χ4n) is 6.73. The highest BCUT2D eigenvalue weighted by atomic mass is 31.2. The molecule has 0 aliphatic heterocycles. The smallest absolute Gasteiger partial charge is 0.385 e. The molecule has 1 aromatic carbocycles. The number of unbranched alkanes of at least 4 members (excludes halogenated alkanes) is 20. The van der Waals surface area contributed by atoms with E-state index in [4.69, 9.17) is 9.05 Å². The molecule has 1 aromatic rings. The summed E-state index contributed by atoms with van der Waals surface area (Å²) in [7, 11) is -9.06. The highest BCUT2D eigenvalue weighted by Gasteiger charge is 2.30. The summed E-state index contributed by atoms with van der Waals surface area (Å²) in [6, 6.07) is 5.56. The first-order chi connectivity index (χ1) is 26.0. The van der Waals surface area contributed by atoms with Gasteiger partial charge in [0, 0.05) is 11.6 Å². The van der Waals surface area contributed by atoms with Crippen molar-refractivity contribution in [2.45, 2.75) is 207 Å². The van der Waals surface area contributed by atoms with Gasteiger partial charge in [-0.1, -0.05) is 179 Å². The van der Waals surface area contributed by atoms with Gasteiger partial charge in [-0.2, -0.15) is 0 Å². The minimum atomic E-state index is -4.53. The summed E-state index contributed by atoms with van der Waals surface area (Å²) in [5.41, 5.74) is 1.000. The van der Waals surface area contributed by atoms with Crippen LogP contribution >= 0.6 is 15.2 Å². The third kappa shape index (κ3) is 25.2. The molecule has 0 aliphatic rings. The van der Waals surface area contributed by atoms with Gasteiger partial charge in [-0.05, 0) is 63.5 Å². The van der Waals surface area contributed by atoms with Gasteiger partial charge in [-0.15, -0.1) is 0 Å². The van der Waals surface area contributed by atoms with E-state index in [2.05, 4.69) is 27.7 Å². The Bertz CT molecular complexity index is 1190. The Morgan fingerprint density at radius 1 is 0.463 bits per heavy atom. The highest BCUT2D eigenvalue weighted by Crippen LogP contribution is 2.48. The van der Waals surface area contributed by atoms with Crippen LogP contribution in [0.2, 0.25) is 0 Å². The van der Waals surface area contributed by atoms with E-state index < -0.39 is 27.1 Å². The van der Waals surface area contributed by atoms with Crippen molar-refractivity contribution in [3.05, 3.63) is 58.2 Å². The minimum Gasteiger partial charge on any atom is -0.385 e. The van der Waals surface area contributed by atoms with Crippen molar-refractivity contribution in [3.63, 3.8) is 0 Å². The molecule has 0 amide bonds. The lowest BCUT2D eigenvalue weighted by Crippen LogP contribution is -2.12. The van der Waals surface area contributed by atoms with Gasteiger partial charge in [0.25, 0.3) is 0 Å². The molecule has 0 fully saturated rings. The molecule has 0 aromatic heterocycles. The summed E-state index contributed by atoms with van der Waals surface area (Å²) in [6.07, 6.45) is 28.9. The standard InChI is InChI=1S/C44H76O8P2/c1-5-9-13-17-21-25-31-39(32-26-22-18-14-10-6-2)37-53(47,48)51-43(45)41-35-29-30-36-42(41)44(46)52-54(49,50)38-40(33-27-23-19-15-11-7-3)34-28-24-20-16-12-8-4/h29-30,35-38H,5-28,31-34H2,1-4H3,(H,47,48)(H,49,50). The quantitative estimate of drug-likeness (QED) is 0.0521. The van der Waals surface area contributed by atoms with Crippen molar-refractivity contribution in [1.29, 1.82) is 0 Å². The molecule has 0 bridgehead atoms. The number of hydrogen-bond acceptors (Lipinski definition) is 6. The van der Waals surface area contributed by atoms with Gasteiger partial charge >= 0.3 is 27.1 Å². The van der Waals surface area contributed by atoms with E-state index in [1.165, 1.54) is 113 Å². The first kappa shape index (κ1) is 50.0. The molecule has 310 valence electrons. The Labute approximate surface area is 329 Å². The number of carbonyl (C=O) groups excluding carboxylic acids is 2. The maximum atomic E-state index is 13.3. The molecule has 0 saturated carbocycles. The van der Waals surface area contributed by atoms with Gasteiger partial charge in [0.05, 0.1) is 11.1 Å². The summed E-state index contributed by atoms with van der Waals surface area (Å²) < 4.78 is 37.0. The predicted octanol–water partition coefficient (Wildman–Crippen LogP) is 15.1.